The first kappa shape index (κ1) is 14.0. The number of nitrogens with one attached hydrogen (secondary N) is 1. The van der Waals surface area contributed by atoms with E-state index in [0.717, 1.165) is 11.4 Å². The number of amides is 1. The van der Waals surface area contributed by atoms with Crippen LogP contribution in [0.3, 0.4) is 0 Å². The Bertz CT molecular complexity index is 703. The van der Waals surface area contributed by atoms with Crippen LogP contribution in [0.5, 0.6) is 0 Å². The van der Waals surface area contributed by atoms with Gasteiger partial charge in [0.05, 0.1) is 6.04 Å². The lowest BCUT2D eigenvalue weighted by molar-refractivity contribution is 0.0931. The summed E-state index contributed by atoms with van der Waals surface area (Å²) in [4.78, 5) is 17.8. The van der Waals surface area contributed by atoms with Crippen molar-refractivity contribution in [2.45, 2.75) is 12.5 Å². The lowest BCUT2D eigenvalue weighted by Crippen LogP contribution is -2.30. The molecule has 0 aliphatic heterocycles. The van der Waals surface area contributed by atoms with E-state index in [2.05, 4.69) is 21.5 Å². The van der Waals surface area contributed by atoms with Crippen molar-refractivity contribution in [2.75, 3.05) is 0 Å². The maximum atomic E-state index is 12.3. The number of rotatable bonds is 5. The van der Waals surface area contributed by atoms with E-state index < -0.39 is 0 Å². The van der Waals surface area contributed by atoms with Gasteiger partial charge in [-0.1, -0.05) is 6.07 Å². The molecule has 0 saturated heterocycles. The quantitative estimate of drug-likeness (QED) is 0.787. The second-order valence-electron chi connectivity index (χ2n) is 4.55. The van der Waals surface area contributed by atoms with Crippen molar-refractivity contribution >= 4 is 28.6 Å². The molecular formula is C14H14N4OS2. The normalized spacial score (nSPS) is 12.2. The van der Waals surface area contributed by atoms with Gasteiger partial charge in [0.25, 0.3) is 5.91 Å². The predicted octanol–water partition coefficient (Wildman–Crippen LogP) is 2.65. The molecule has 3 heterocycles. The predicted molar refractivity (Wildman–Crippen MR) is 83.6 cm³/mol. The first-order valence-electron chi connectivity index (χ1n) is 6.44. The molecule has 3 aromatic rings. The van der Waals surface area contributed by atoms with E-state index in [1.807, 2.05) is 16.8 Å². The summed E-state index contributed by atoms with van der Waals surface area (Å²) in [6.45, 7) is 0. The largest absolute Gasteiger partial charge is 0.341 e. The van der Waals surface area contributed by atoms with Crippen LogP contribution < -0.4 is 5.32 Å². The Balaban J connectivity index is 1.77. The summed E-state index contributed by atoms with van der Waals surface area (Å²) in [5, 5.41) is 12.0. The van der Waals surface area contributed by atoms with Gasteiger partial charge in [0.1, 0.15) is 10.7 Å². The van der Waals surface area contributed by atoms with Crippen LogP contribution in [0, 0.1) is 0 Å². The van der Waals surface area contributed by atoms with Gasteiger partial charge in [-0.2, -0.15) is 5.10 Å². The van der Waals surface area contributed by atoms with Crippen LogP contribution in [0.25, 0.3) is 0 Å². The van der Waals surface area contributed by atoms with Gasteiger partial charge < -0.3 is 5.32 Å². The van der Waals surface area contributed by atoms with Gasteiger partial charge in [0.2, 0.25) is 0 Å². The minimum absolute atomic E-state index is 0.127. The minimum atomic E-state index is -0.174. The fourth-order valence-electron chi connectivity index (χ4n) is 2.00. The maximum Gasteiger partial charge on any atom is 0.272 e. The second-order valence-corrected chi connectivity index (χ2v) is 6.51. The summed E-state index contributed by atoms with van der Waals surface area (Å²) in [6.07, 6.45) is 4.25. The van der Waals surface area contributed by atoms with Crippen LogP contribution in [0.4, 0.5) is 0 Å². The molecule has 0 saturated carbocycles. The summed E-state index contributed by atoms with van der Waals surface area (Å²) in [6, 6.07) is 5.66. The van der Waals surface area contributed by atoms with E-state index in [0.29, 0.717) is 5.69 Å². The molecule has 0 spiro atoms. The fraction of sp³-hybridized carbons (Fsp3) is 0.214. The number of nitrogens with zero attached hydrogens (tertiary/aromatic N) is 3. The van der Waals surface area contributed by atoms with Crippen molar-refractivity contribution in [2.24, 2.45) is 7.05 Å². The molecule has 108 valence electrons. The molecule has 1 atom stereocenters. The molecule has 0 radical (unpaired) electrons. The van der Waals surface area contributed by atoms with Gasteiger partial charge in [-0.3, -0.25) is 9.48 Å². The average molecular weight is 318 g/mol. The third kappa shape index (κ3) is 3.37. The summed E-state index contributed by atoms with van der Waals surface area (Å²) in [7, 11) is 1.79. The van der Waals surface area contributed by atoms with Crippen molar-refractivity contribution < 1.29 is 4.79 Å². The molecule has 7 heteroatoms. The van der Waals surface area contributed by atoms with Crippen molar-refractivity contribution in [3.05, 3.63) is 56.9 Å². The molecule has 1 unspecified atom stereocenters. The van der Waals surface area contributed by atoms with Gasteiger partial charge >= 0.3 is 0 Å². The Hall–Kier alpha value is -1.99. The number of hydrogen-bond donors (Lipinski definition) is 1. The topological polar surface area (TPSA) is 59.8 Å². The molecule has 0 aliphatic carbocycles. The molecule has 1 amide bonds. The Kier molecular flexibility index (Phi) is 4.12. The first-order chi connectivity index (χ1) is 10.2. The lowest BCUT2D eigenvalue weighted by atomic mass is 10.2. The zero-order valence-electron chi connectivity index (χ0n) is 11.4. The zero-order chi connectivity index (χ0) is 14.7. The number of thiazole rings is 1. The molecule has 0 fully saturated rings. The number of aryl methyl sites for hydroxylation is 1. The molecule has 1 N–H and O–H groups in total. The number of aromatic nitrogens is 3. The fourth-order valence-corrected chi connectivity index (χ4v) is 3.45. The van der Waals surface area contributed by atoms with Crippen LogP contribution in [-0.2, 0) is 13.5 Å². The van der Waals surface area contributed by atoms with Crippen LogP contribution in [0.15, 0.2) is 41.4 Å². The number of carbonyl (C=O) groups excluding carboxylic acids is 1. The smallest absolute Gasteiger partial charge is 0.272 e. The van der Waals surface area contributed by atoms with E-state index in [9.17, 15) is 4.79 Å². The minimum Gasteiger partial charge on any atom is -0.341 e. The highest BCUT2D eigenvalue weighted by Gasteiger charge is 2.20. The van der Waals surface area contributed by atoms with Crippen LogP contribution >= 0.6 is 22.7 Å². The van der Waals surface area contributed by atoms with Gasteiger partial charge in [0.15, 0.2) is 0 Å². The van der Waals surface area contributed by atoms with Gasteiger partial charge in [-0.05, 0) is 17.5 Å². The van der Waals surface area contributed by atoms with Crippen molar-refractivity contribution in [1.29, 1.82) is 0 Å². The van der Waals surface area contributed by atoms with E-state index in [4.69, 9.17) is 0 Å². The summed E-state index contributed by atoms with van der Waals surface area (Å²) in [5.41, 5.74) is 0.422. The second kappa shape index (κ2) is 6.19. The van der Waals surface area contributed by atoms with E-state index in [-0.39, 0.29) is 11.9 Å². The molecule has 0 aromatic carbocycles. The molecule has 0 aliphatic rings. The van der Waals surface area contributed by atoms with E-state index in [1.54, 1.807) is 52.9 Å². The molecule has 3 rings (SSSR count). The van der Waals surface area contributed by atoms with E-state index in [1.165, 1.54) is 4.88 Å². The lowest BCUT2D eigenvalue weighted by Gasteiger charge is -2.15. The Morgan fingerprint density at radius 1 is 1.38 bits per heavy atom. The third-order valence-corrected chi connectivity index (χ3v) is 4.77. The van der Waals surface area contributed by atoms with Gasteiger partial charge in [-0.25, -0.2) is 4.98 Å². The standard InChI is InChI=1S/C14H14N4OS2/c1-18-6-4-11(17-18)13(19)16-12(14-15-5-8-21-14)9-10-3-2-7-20-10/h2-8,12H,9H2,1H3,(H,16,19). The highest BCUT2D eigenvalue weighted by atomic mass is 32.1. The molecule has 0 bridgehead atoms. The highest BCUT2D eigenvalue weighted by Crippen LogP contribution is 2.23. The summed E-state index contributed by atoms with van der Waals surface area (Å²) >= 11 is 3.23. The highest BCUT2D eigenvalue weighted by molar-refractivity contribution is 7.10. The number of carbonyl (C=O) groups is 1. The average Bonchev–Trinajstić information content (AvgIpc) is 3.20. The number of hydrogen-bond acceptors (Lipinski definition) is 5. The Morgan fingerprint density at radius 3 is 2.90 bits per heavy atom. The van der Waals surface area contributed by atoms with Crippen LogP contribution in [0.2, 0.25) is 0 Å². The monoisotopic (exact) mass is 318 g/mol. The third-order valence-electron chi connectivity index (χ3n) is 2.99. The Morgan fingerprint density at radius 2 is 2.29 bits per heavy atom. The Labute approximate surface area is 130 Å². The van der Waals surface area contributed by atoms with Crippen LogP contribution in [0.1, 0.15) is 26.4 Å². The SMILES string of the molecule is Cn1ccc(C(=O)NC(Cc2cccs2)c2nccs2)n1. The maximum absolute atomic E-state index is 12.3. The summed E-state index contributed by atoms with van der Waals surface area (Å²) in [5.74, 6) is -0.174. The van der Waals surface area contributed by atoms with Gasteiger partial charge in [0, 0.05) is 36.1 Å². The first-order valence-corrected chi connectivity index (χ1v) is 8.20. The van der Waals surface area contributed by atoms with Crippen molar-refractivity contribution in [3.63, 3.8) is 0 Å². The molecule has 21 heavy (non-hydrogen) atoms. The number of thiophene rings is 1. The molecule has 5 nitrogen and oxygen atoms in total. The van der Waals surface area contributed by atoms with E-state index >= 15 is 0 Å². The van der Waals surface area contributed by atoms with Crippen molar-refractivity contribution in [1.82, 2.24) is 20.1 Å². The summed E-state index contributed by atoms with van der Waals surface area (Å²) < 4.78 is 1.62. The van der Waals surface area contributed by atoms with Gasteiger partial charge in [-0.15, -0.1) is 22.7 Å². The van der Waals surface area contributed by atoms with Crippen molar-refractivity contribution in [3.8, 4) is 0 Å². The molecule has 3 aromatic heterocycles. The van der Waals surface area contributed by atoms with Crippen LogP contribution in [-0.4, -0.2) is 20.7 Å². The molecular weight excluding hydrogens is 304 g/mol. The zero-order valence-corrected chi connectivity index (χ0v) is 13.0.